The number of benzene rings is 2. The van der Waals surface area contributed by atoms with Gasteiger partial charge in [0.2, 0.25) is 0 Å². The molecule has 0 bridgehead atoms. The Morgan fingerprint density at radius 1 is 1.15 bits per heavy atom. The van der Waals surface area contributed by atoms with Gasteiger partial charge in [0.05, 0.1) is 11.4 Å². The monoisotopic (exact) mass is 523 g/mol. The number of halogens is 4. The Hall–Kier alpha value is -2.58. The summed E-state index contributed by atoms with van der Waals surface area (Å²) in [6.45, 7) is 2.51. The first kappa shape index (κ1) is 23.6. The molecule has 0 saturated carbocycles. The third-order valence-corrected chi connectivity index (χ3v) is 6.55. The lowest BCUT2D eigenvalue weighted by Gasteiger charge is -2.08. The van der Waals surface area contributed by atoms with E-state index in [0.29, 0.717) is 22.1 Å². The van der Waals surface area contributed by atoms with Gasteiger partial charge in [0.25, 0.3) is 5.91 Å². The summed E-state index contributed by atoms with van der Waals surface area (Å²) >= 11 is 19.6. The highest BCUT2D eigenvalue weighted by Crippen LogP contribution is 2.26. The second-order valence-corrected chi connectivity index (χ2v) is 9.39. The summed E-state index contributed by atoms with van der Waals surface area (Å²) in [5, 5.41) is 10.1. The van der Waals surface area contributed by atoms with Crippen LogP contribution in [-0.4, -0.2) is 15.7 Å². The molecule has 0 aliphatic heterocycles. The van der Waals surface area contributed by atoms with Crippen LogP contribution in [0.4, 0.5) is 10.2 Å². The number of anilines is 1. The Balaban J connectivity index is 1.39. The van der Waals surface area contributed by atoms with Gasteiger partial charge in [-0.3, -0.25) is 9.48 Å². The van der Waals surface area contributed by atoms with Crippen molar-refractivity contribution in [1.29, 1.82) is 0 Å². The van der Waals surface area contributed by atoms with Gasteiger partial charge in [-0.05, 0) is 59.8 Å². The number of rotatable bonds is 7. The van der Waals surface area contributed by atoms with Crippen LogP contribution in [0, 0.1) is 12.7 Å². The Bertz CT molecular complexity index is 1320. The van der Waals surface area contributed by atoms with Crippen LogP contribution in [0.1, 0.15) is 26.4 Å². The van der Waals surface area contributed by atoms with Crippen LogP contribution in [-0.2, 0) is 13.2 Å². The summed E-state index contributed by atoms with van der Waals surface area (Å²) < 4.78 is 20.6. The summed E-state index contributed by atoms with van der Waals surface area (Å²) in [6.07, 6.45) is 1.57. The standard InChI is InChI=1S/C23H17Cl3FN3O2S/c1-13-6-16(24)3-5-20(13)32-11-14-7-21(33-12-14)23(31)28-22-19(26)10-30(29-22)9-15-2-4-17(27)8-18(15)25/h2-8,10,12H,9,11H2,1H3,(H,28,29,31). The summed E-state index contributed by atoms with van der Waals surface area (Å²) in [5.74, 6) is 0.207. The molecule has 5 nitrogen and oxygen atoms in total. The Morgan fingerprint density at radius 2 is 1.97 bits per heavy atom. The van der Waals surface area contributed by atoms with Crippen molar-refractivity contribution in [3.63, 3.8) is 0 Å². The van der Waals surface area contributed by atoms with Crippen LogP contribution in [0.2, 0.25) is 15.1 Å². The number of amides is 1. The van der Waals surface area contributed by atoms with Crippen molar-refractivity contribution in [2.24, 2.45) is 0 Å². The fourth-order valence-corrected chi connectivity index (χ4v) is 4.51. The zero-order chi connectivity index (χ0) is 23.5. The number of hydrogen-bond acceptors (Lipinski definition) is 4. The smallest absolute Gasteiger partial charge is 0.266 e. The number of ether oxygens (including phenoxy) is 1. The van der Waals surface area contributed by atoms with Crippen LogP contribution < -0.4 is 10.1 Å². The van der Waals surface area contributed by atoms with Crippen molar-refractivity contribution in [3.8, 4) is 5.75 Å². The van der Waals surface area contributed by atoms with Gasteiger partial charge in [-0.1, -0.05) is 40.9 Å². The molecular weight excluding hydrogens is 508 g/mol. The third kappa shape index (κ3) is 5.86. The second-order valence-electron chi connectivity index (χ2n) is 7.23. The van der Waals surface area contributed by atoms with E-state index < -0.39 is 5.82 Å². The van der Waals surface area contributed by atoms with E-state index in [0.717, 1.165) is 16.9 Å². The fourth-order valence-electron chi connectivity index (χ4n) is 3.06. The Morgan fingerprint density at radius 3 is 2.73 bits per heavy atom. The van der Waals surface area contributed by atoms with Crippen LogP contribution in [0.3, 0.4) is 0 Å². The molecule has 4 aromatic rings. The summed E-state index contributed by atoms with van der Waals surface area (Å²) in [7, 11) is 0. The zero-order valence-electron chi connectivity index (χ0n) is 17.2. The van der Waals surface area contributed by atoms with E-state index in [1.165, 1.54) is 28.2 Å². The van der Waals surface area contributed by atoms with Gasteiger partial charge < -0.3 is 10.1 Å². The number of carbonyl (C=O) groups excluding carboxylic acids is 1. The molecule has 2 aromatic heterocycles. The first-order valence-electron chi connectivity index (χ1n) is 9.73. The maximum absolute atomic E-state index is 13.2. The van der Waals surface area contributed by atoms with Crippen LogP contribution in [0.15, 0.2) is 54.0 Å². The van der Waals surface area contributed by atoms with Crippen molar-refractivity contribution in [2.45, 2.75) is 20.1 Å². The number of hydrogen-bond donors (Lipinski definition) is 1. The number of carbonyl (C=O) groups is 1. The van der Waals surface area contributed by atoms with Gasteiger partial charge in [-0.15, -0.1) is 11.3 Å². The highest BCUT2D eigenvalue weighted by molar-refractivity contribution is 7.12. The van der Waals surface area contributed by atoms with Gasteiger partial charge in [0, 0.05) is 21.8 Å². The minimum absolute atomic E-state index is 0.225. The molecule has 170 valence electrons. The predicted molar refractivity (Wildman–Crippen MR) is 131 cm³/mol. The van der Waals surface area contributed by atoms with E-state index in [1.54, 1.807) is 24.4 Å². The van der Waals surface area contributed by atoms with E-state index in [2.05, 4.69) is 10.4 Å². The molecule has 2 aromatic carbocycles. The summed E-state index contributed by atoms with van der Waals surface area (Å²) in [5.41, 5.74) is 2.47. The number of aryl methyl sites for hydroxylation is 1. The molecule has 0 radical (unpaired) electrons. The maximum atomic E-state index is 13.2. The molecule has 2 heterocycles. The average molecular weight is 525 g/mol. The predicted octanol–water partition coefficient (Wildman–Crippen LogP) is 7.23. The van der Waals surface area contributed by atoms with Crippen molar-refractivity contribution in [2.75, 3.05) is 5.32 Å². The van der Waals surface area contributed by atoms with Crippen molar-refractivity contribution in [1.82, 2.24) is 9.78 Å². The Kier molecular flexibility index (Phi) is 7.24. The normalized spacial score (nSPS) is 10.9. The van der Waals surface area contributed by atoms with Gasteiger partial charge in [0.1, 0.15) is 23.2 Å². The number of nitrogens with one attached hydrogen (secondary N) is 1. The van der Waals surface area contributed by atoms with Crippen molar-refractivity contribution >= 4 is 57.9 Å². The zero-order valence-corrected chi connectivity index (χ0v) is 20.3. The lowest BCUT2D eigenvalue weighted by molar-refractivity contribution is 0.103. The van der Waals surface area contributed by atoms with Crippen molar-refractivity contribution in [3.05, 3.63) is 96.5 Å². The summed E-state index contributed by atoms with van der Waals surface area (Å²) in [6, 6.07) is 11.3. The molecular formula is C23H17Cl3FN3O2S. The van der Waals surface area contributed by atoms with Gasteiger partial charge in [0.15, 0.2) is 5.82 Å². The molecule has 0 atom stereocenters. The largest absolute Gasteiger partial charge is 0.489 e. The quantitative estimate of drug-likeness (QED) is 0.277. The van der Waals surface area contributed by atoms with E-state index in [4.69, 9.17) is 39.5 Å². The molecule has 0 aliphatic rings. The van der Waals surface area contributed by atoms with Crippen LogP contribution in [0.25, 0.3) is 0 Å². The molecule has 0 saturated heterocycles. The highest BCUT2D eigenvalue weighted by atomic mass is 35.5. The maximum Gasteiger partial charge on any atom is 0.266 e. The molecule has 0 spiro atoms. The number of nitrogens with zero attached hydrogens (tertiary/aromatic N) is 2. The SMILES string of the molecule is Cc1cc(Cl)ccc1OCc1csc(C(=O)Nc2nn(Cc3ccc(F)cc3Cl)cc2Cl)c1. The van der Waals surface area contributed by atoms with Crippen molar-refractivity contribution < 1.29 is 13.9 Å². The molecule has 1 N–H and O–H groups in total. The lowest BCUT2D eigenvalue weighted by Crippen LogP contribution is -2.12. The Labute approximate surface area is 208 Å². The molecule has 4 rings (SSSR count). The molecule has 0 unspecified atom stereocenters. The van der Waals surface area contributed by atoms with Gasteiger partial charge >= 0.3 is 0 Å². The van der Waals surface area contributed by atoms with E-state index in [9.17, 15) is 9.18 Å². The molecule has 10 heteroatoms. The topological polar surface area (TPSA) is 56.1 Å². The van der Waals surface area contributed by atoms with Gasteiger partial charge in [-0.2, -0.15) is 5.10 Å². The third-order valence-electron chi connectivity index (χ3n) is 4.71. The minimum Gasteiger partial charge on any atom is -0.489 e. The molecule has 0 fully saturated rings. The van der Waals surface area contributed by atoms with E-state index in [-0.39, 0.29) is 28.3 Å². The molecule has 1 amide bonds. The number of thiophene rings is 1. The van der Waals surface area contributed by atoms with Crippen LogP contribution in [0.5, 0.6) is 5.75 Å². The lowest BCUT2D eigenvalue weighted by atomic mass is 10.2. The van der Waals surface area contributed by atoms with E-state index in [1.807, 2.05) is 24.4 Å². The number of aromatic nitrogens is 2. The fraction of sp³-hybridized carbons (Fsp3) is 0.130. The van der Waals surface area contributed by atoms with Crippen LogP contribution >= 0.6 is 46.1 Å². The van der Waals surface area contributed by atoms with E-state index >= 15 is 0 Å². The minimum atomic E-state index is -0.417. The first-order chi connectivity index (χ1) is 15.8. The van der Waals surface area contributed by atoms with Gasteiger partial charge in [-0.25, -0.2) is 4.39 Å². The second kappa shape index (κ2) is 10.1. The first-order valence-corrected chi connectivity index (χ1v) is 11.7. The average Bonchev–Trinajstić information content (AvgIpc) is 3.36. The highest BCUT2D eigenvalue weighted by Gasteiger charge is 2.15. The molecule has 33 heavy (non-hydrogen) atoms. The summed E-state index contributed by atoms with van der Waals surface area (Å²) in [4.78, 5) is 13.2. The molecule has 0 aliphatic carbocycles.